The number of carboxylic acid groups (broad SMARTS) is 1. The van der Waals surface area contributed by atoms with Crippen molar-refractivity contribution in [1.29, 1.82) is 0 Å². The van der Waals surface area contributed by atoms with Gasteiger partial charge in [0.1, 0.15) is 12.4 Å². The monoisotopic (exact) mass is 167 g/mol. The van der Waals surface area contributed by atoms with E-state index in [2.05, 4.69) is 9.97 Å². The number of aromatic nitrogens is 2. The van der Waals surface area contributed by atoms with Crippen molar-refractivity contribution in [2.45, 2.75) is 13.0 Å². The van der Waals surface area contributed by atoms with Crippen molar-refractivity contribution < 1.29 is 9.90 Å². The molecule has 0 fully saturated rings. The highest BCUT2D eigenvalue weighted by Gasteiger charge is 2.15. The molecule has 1 atom stereocenters. The summed E-state index contributed by atoms with van der Waals surface area (Å²) in [6.45, 7) is 1.75. The van der Waals surface area contributed by atoms with E-state index in [9.17, 15) is 4.79 Å². The van der Waals surface area contributed by atoms with Crippen LogP contribution in [0.4, 0.5) is 0 Å². The molecule has 0 aromatic carbocycles. The van der Waals surface area contributed by atoms with Gasteiger partial charge in [0.25, 0.3) is 0 Å². The Morgan fingerprint density at radius 2 is 2.33 bits per heavy atom. The molecule has 64 valence electrons. The van der Waals surface area contributed by atoms with Gasteiger partial charge in [0.2, 0.25) is 0 Å². The van der Waals surface area contributed by atoms with Crippen LogP contribution in [0, 0.1) is 6.92 Å². The van der Waals surface area contributed by atoms with E-state index in [1.54, 1.807) is 13.0 Å². The summed E-state index contributed by atoms with van der Waals surface area (Å²) < 4.78 is 0. The van der Waals surface area contributed by atoms with Gasteiger partial charge < -0.3 is 10.8 Å². The lowest BCUT2D eigenvalue weighted by atomic mass is 10.2. The highest BCUT2D eigenvalue weighted by atomic mass is 16.4. The molecular formula is C7H9N3O2. The van der Waals surface area contributed by atoms with E-state index in [0.717, 1.165) is 0 Å². The lowest BCUT2D eigenvalue weighted by molar-refractivity contribution is -0.138. The first kappa shape index (κ1) is 8.61. The zero-order chi connectivity index (χ0) is 9.14. The van der Waals surface area contributed by atoms with Gasteiger partial charge in [-0.15, -0.1) is 0 Å². The van der Waals surface area contributed by atoms with E-state index in [1.807, 2.05) is 0 Å². The standard InChI is InChI=1S/C7H9N3O2/c1-4-2-5(10-3-9-4)6(8)7(11)12/h2-3,6H,8H2,1H3,(H,11,12). The second-order valence-corrected chi connectivity index (χ2v) is 2.40. The fourth-order valence-electron chi connectivity index (χ4n) is 0.772. The summed E-state index contributed by atoms with van der Waals surface area (Å²) >= 11 is 0. The molecule has 5 heteroatoms. The Morgan fingerprint density at radius 3 is 2.83 bits per heavy atom. The van der Waals surface area contributed by atoms with Crippen molar-refractivity contribution in [3.8, 4) is 0 Å². The van der Waals surface area contributed by atoms with Gasteiger partial charge in [0, 0.05) is 5.69 Å². The second kappa shape index (κ2) is 3.27. The molecule has 0 aliphatic heterocycles. The van der Waals surface area contributed by atoms with Gasteiger partial charge in [-0.25, -0.2) is 9.97 Å². The fourth-order valence-corrected chi connectivity index (χ4v) is 0.772. The predicted molar refractivity (Wildman–Crippen MR) is 41.3 cm³/mol. The largest absolute Gasteiger partial charge is 0.480 e. The third-order valence-electron chi connectivity index (χ3n) is 1.41. The third kappa shape index (κ3) is 1.76. The summed E-state index contributed by atoms with van der Waals surface area (Å²) in [5, 5.41) is 8.54. The number of nitrogens with zero attached hydrogens (tertiary/aromatic N) is 2. The molecule has 1 aromatic rings. The van der Waals surface area contributed by atoms with Crippen molar-refractivity contribution in [3.05, 3.63) is 23.8 Å². The van der Waals surface area contributed by atoms with Gasteiger partial charge in [-0.2, -0.15) is 0 Å². The molecular weight excluding hydrogens is 158 g/mol. The Morgan fingerprint density at radius 1 is 1.67 bits per heavy atom. The highest BCUT2D eigenvalue weighted by Crippen LogP contribution is 2.06. The first-order valence-corrected chi connectivity index (χ1v) is 3.38. The molecule has 1 aromatic heterocycles. The Hall–Kier alpha value is -1.49. The number of rotatable bonds is 2. The maximum atomic E-state index is 10.4. The van der Waals surface area contributed by atoms with Crippen LogP contribution in [0.2, 0.25) is 0 Å². The maximum Gasteiger partial charge on any atom is 0.326 e. The molecule has 5 nitrogen and oxygen atoms in total. The quantitative estimate of drug-likeness (QED) is 0.640. The zero-order valence-electron chi connectivity index (χ0n) is 6.56. The Kier molecular flexibility index (Phi) is 2.35. The van der Waals surface area contributed by atoms with Crippen LogP contribution in [0.3, 0.4) is 0 Å². The summed E-state index contributed by atoms with van der Waals surface area (Å²) in [4.78, 5) is 18.0. The number of nitrogens with two attached hydrogens (primary N) is 1. The van der Waals surface area contributed by atoms with Gasteiger partial charge in [-0.1, -0.05) is 0 Å². The average Bonchev–Trinajstić information content (AvgIpc) is 2.03. The number of hydrogen-bond acceptors (Lipinski definition) is 4. The highest BCUT2D eigenvalue weighted by molar-refractivity contribution is 5.74. The van der Waals surface area contributed by atoms with E-state index in [-0.39, 0.29) is 0 Å². The van der Waals surface area contributed by atoms with Crippen molar-refractivity contribution in [3.63, 3.8) is 0 Å². The Bertz CT molecular complexity index is 300. The van der Waals surface area contributed by atoms with Gasteiger partial charge in [0.15, 0.2) is 0 Å². The predicted octanol–water partition coefficient (Wildman–Crippen LogP) is -0.131. The van der Waals surface area contributed by atoms with Crippen LogP contribution < -0.4 is 5.73 Å². The lowest BCUT2D eigenvalue weighted by Gasteiger charge is -2.04. The van der Waals surface area contributed by atoms with E-state index in [0.29, 0.717) is 11.4 Å². The molecule has 3 N–H and O–H groups in total. The zero-order valence-corrected chi connectivity index (χ0v) is 6.56. The Labute approximate surface area is 69.3 Å². The maximum absolute atomic E-state index is 10.4. The van der Waals surface area contributed by atoms with E-state index in [1.165, 1.54) is 6.33 Å². The molecule has 0 aliphatic rings. The summed E-state index contributed by atoms with van der Waals surface area (Å²) in [6.07, 6.45) is 1.30. The van der Waals surface area contributed by atoms with Gasteiger partial charge in [0.05, 0.1) is 5.69 Å². The molecule has 1 rings (SSSR count). The van der Waals surface area contributed by atoms with Crippen LogP contribution in [-0.2, 0) is 4.79 Å². The second-order valence-electron chi connectivity index (χ2n) is 2.40. The van der Waals surface area contributed by atoms with Crippen LogP contribution in [0.15, 0.2) is 12.4 Å². The molecule has 0 saturated heterocycles. The van der Waals surface area contributed by atoms with Crippen LogP contribution in [0.5, 0.6) is 0 Å². The van der Waals surface area contributed by atoms with Crippen LogP contribution in [0.25, 0.3) is 0 Å². The molecule has 0 amide bonds. The number of aryl methyl sites for hydroxylation is 1. The first-order chi connectivity index (χ1) is 5.61. The number of carbonyl (C=O) groups is 1. The summed E-state index contributed by atoms with van der Waals surface area (Å²) in [7, 11) is 0. The number of carboxylic acids is 1. The van der Waals surface area contributed by atoms with E-state index in [4.69, 9.17) is 10.8 Å². The van der Waals surface area contributed by atoms with E-state index < -0.39 is 12.0 Å². The van der Waals surface area contributed by atoms with Crippen molar-refractivity contribution in [1.82, 2.24) is 9.97 Å². The first-order valence-electron chi connectivity index (χ1n) is 3.38. The molecule has 0 aliphatic carbocycles. The molecule has 0 bridgehead atoms. The molecule has 1 heterocycles. The molecule has 1 unspecified atom stereocenters. The Balaban J connectivity index is 2.95. The van der Waals surface area contributed by atoms with Gasteiger partial charge in [-0.05, 0) is 13.0 Å². The summed E-state index contributed by atoms with van der Waals surface area (Å²) in [5.41, 5.74) is 6.35. The lowest BCUT2D eigenvalue weighted by Crippen LogP contribution is -2.21. The minimum Gasteiger partial charge on any atom is -0.480 e. The minimum absolute atomic E-state index is 0.329. The number of hydrogen-bond donors (Lipinski definition) is 2. The van der Waals surface area contributed by atoms with E-state index >= 15 is 0 Å². The average molecular weight is 167 g/mol. The molecule has 0 saturated carbocycles. The van der Waals surface area contributed by atoms with Crippen LogP contribution >= 0.6 is 0 Å². The number of aliphatic carboxylic acids is 1. The van der Waals surface area contributed by atoms with Crippen LogP contribution in [0.1, 0.15) is 17.4 Å². The van der Waals surface area contributed by atoms with Crippen LogP contribution in [-0.4, -0.2) is 21.0 Å². The smallest absolute Gasteiger partial charge is 0.326 e. The van der Waals surface area contributed by atoms with Crippen molar-refractivity contribution in [2.75, 3.05) is 0 Å². The fraction of sp³-hybridized carbons (Fsp3) is 0.286. The minimum atomic E-state index is -1.09. The molecule has 0 spiro atoms. The SMILES string of the molecule is Cc1cc(C(N)C(=O)O)ncn1. The van der Waals surface area contributed by atoms with Gasteiger partial charge >= 0.3 is 5.97 Å². The molecule has 12 heavy (non-hydrogen) atoms. The molecule has 0 radical (unpaired) electrons. The normalized spacial score (nSPS) is 12.5. The van der Waals surface area contributed by atoms with Gasteiger partial charge in [-0.3, -0.25) is 4.79 Å². The summed E-state index contributed by atoms with van der Waals surface area (Å²) in [6, 6.07) is 0.491. The van der Waals surface area contributed by atoms with Crippen molar-refractivity contribution >= 4 is 5.97 Å². The topological polar surface area (TPSA) is 89.1 Å². The van der Waals surface area contributed by atoms with Crippen molar-refractivity contribution in [2.24, 2.45) is 5.73 Å². The third-order valence-corrected chi connectivity index (χ3v) is 1.41. The summed E-state index contributed by atoms with van der Waals surface area (Å²) in [5.74, 6) is -1.09.